The second-order valence-electron chi connectivity index (χ2n) is 7.46. The number of para-hydroxylation sites is 1. The SMILES string of the molecule is CC1CN(Cl)CCC1C(=O)NCCNC(=O)c1cn(-c2ccccc2)nc1C(F)(F)F. The second-order valence-corrected chi connectivity index (χ2v) is 7.94. The molecule has 1 saturated heterocycles. The molecular formula is C20H23ClF3N5O2. The van der Waals surface area contributed by atoms with Crippen LogP contribution in [0.5, 0.6) is 0 Å². The van der Waals surface area contributed by atoms with Crippen molar-refractivity contribution in [1.82, 2.24) is 24.8 Å². The standard InChI is InChI=1S/C20H23ClF3N5O2/c1-13-11-28(21)10-7-15(13)18(30)25-8-9-26-19(31)16-12-29(14-5-3-2-4-6-14)27-17(16)20(22,23)24/h2-6,12-13,15H,7-11H2,1H3,(H,25,30)(H,26,31). The van der Waals surface area contributed by atoms with Crippen molar-refractivity contribution in [3.8, 4) is 5.69 Å². The summed E-state index contributed by atoms with van der Waals surface area (Å²) in [6.45, 7) is 3.23. The maximum Gasteiger partial charge on any atom is 0.435 e. The Bertz CT molecular complexity index is 919. The van der Waals surface area contributed by atoms with E-state index in [1.807, 2.05) is 6.92 Å². The molecule has 2 unspecified atom stereocenters. The molecule has 0 aliphatic carbocycles. The van der Waals surface area contributed by atoms with Gasteiger partial charge in [-0.25, -0.2) is 9.10 Å². The zero-order chi connectivity index (χ0) is 22.6. The fourth-order valence-corrected chi connectivity index (χ4v) is 3.85. The van der Waals surface area contributed by atoms with E-state index in [4.69, 9.17) is 11.8 Å². The first-order valence-electron chi connectivity index (χ1n) is 9.85. The zero-order valence-corrected chi connectivity index (χ0v) is 17.6. The number of alkyl halides is 3. The molecule has 1 aliphatic rings. The van der Waals surface area contributed by atoms with Gasteiger partial charge in [-0.05, 0) is 36.2 Å². The first-order valence-corrected chi connectivity index (χ1v) is 10.2. The molecule has 2 aromatic rings. The molecule has 0 saturated carbocycles. The Hall–Kier alpha value is -2.59. The van der Waals surface area contributed by atoms with Crippen LogP contribution in [0.1, 0.15) is 29.4 Å². The Morgan fingerprint density at radius 2 is 1.87 bits per heavy atom. The molecule has 2 atom stereocenters. The number of carbonyl (C=O) groups excluding carboxylic acids is 2. The first-order chi connectivity index (χ1) is 14.7. The van der Waals surface area contributed by atoms with E-state index in [9.17, 15) is 22.8 Å². The van der Waals surface area contributed by atoms with E-state index in [-0.39, 0.29) is 30.8 Å². The smallest absolute Gasteiger partial charge is 0.354 e. The molecule has 2 amide bonds. The van der Waals surface area contributed by atoms with Gasteiger partial charge in [0.1, 0.15) is 0 Å². The molecule has 2 N–H and O–H groups in total. The van der Waals surface area contributed by atoms with Crippen molar-refractivity contribution in [3.05, 3.63) is 47.8 Å². The van der Waals surface area contributed by atoms with Crippen LogP contribution in [0.2, 0.25) is 0 Å². The summed E-state index contributed by atoms with van der Waals surface area (Å²) in [4.78, 5) is 24.7. The number of carbonyl (C=O) groups is 2. The third kappa shape index (κ3) is 5.76. The van der Waals surface area contributed by atoms with Crippen LogP contribution in [0, 0.1) is 11.8 Å². The summed E-state index contributed by atoms with van der Waals surface area (Å²) in [6.07, 6.45) is -3.11. The number of amides is 2. The number of nitrogens with zero attached hydrogens (tertiary/aromatic N) is 3. The highest BCUT2D eigenvalue weighted by Gasteiger charge is 2.39. The molecule has 3 rings (SSSR count). The van der Waals surface area contributed by atoms with E-state index in [2.05, 4.69) is 15.7 Å². The summed E-state index contributed by atoms with van der Waals surface area (Å²) in [6, 6.07) is 8.20. The van der Waals surface area contributed by atoms with Crippen molar-refractivity contribution in [2.45, 2.75) is 19.5 Å². The summed E-state index contributed by atoms with van der Waals surface area (Å²) >= 11 is 5.95. The van der Waals surface area contributed by atoms with E-state index in [1.165, 1.54) is 0 Å². The first kappa shape index (κ1) is 23.1. The van der Waals surface area contributed by atoms with Crippen LogP contribution in [0.25, 0.3) is 5.69 Å². The van der Waals surface area contributed by atoms with Gasteiger partial charge in [-0.1, -0.05) is 25.1 Å². The topological polar surface area (TPSA) is 79.3 Å². The highest BCUT2D eigenvalue weighted by molar-refractivity contribution is 6.13. The summed E-state index contributed by atoms with van der Waals surface area (Å²) < 4.78 is 42.8. The van der Waals surface area contributed by atoms with Gasteiger partial charge < -0.3 is 10.6 Å². The van der Waals surface area contributed by atoms with Crippen molar-refractivity contribution < 1.29 is 22.8 Å². The lowest BCUT2D eigenvalue weighted by Gasteiger charge is -2.32. The predicted octanol–water partition coefficient (Wildman–Crippen LogP) is 2.85. The Morgan fingerprint density at radius 3 is 2.52 bits per heavy atom. The molecular weight excluding hydrogens is 435 g/mol. The molecule has 1 aromatic heterocycles. The van der Waals surface area contributed by atoms with Crippen LogP contribution in [-0.2, 0) is 11.0 Å². The van der Waals surface area contributed by atoms with E-state index in [1.54, 1.807) is 34.8 Å². The average molecular weight is 458 g/mol. The summed E-state index contributed by atoms with van der Waals surface area (Å²) in [5.74, 6) is -1.17. The number of benzene rings is 1. The number of piperidine rings is 1. The number of halogens is 4. The van der Waals surface area contributed by atoms with Crippen LogP contribution in [-0.4, -0.2) is 52.2 Å². The normalized spacial score (nSPS) is 19.8. The molecule has 2 heterocycles. The maximum atomic E-state index is 13.4. The van der Waals surface area contributed by atoms with Gasteiger partial charge in [-0.15, -0.1) is 0 Å². The molecule has 1 aliphatic heterocycles. The van der Waals surface area contributed by atoms with Crippen LogP contribution >= 0.6 is 11.8 Å². The van der Waals surface area contributed by atoms with Crippen LogP contribution in [0.15, 0.2) is 36.5 Å². The van der Waals surface area contributed by atoms with E-state index >= 15 is 0 Å². The van der Waals surface area contributed by atoms with Crippen molar-refractivity contribution >= 4 is 23.6 Å². The van der Waals surface area contributed by atoms with Gasteiger partial charge in [0.2, 0.25) is 5.91 Å². The molecule has 0 bridgehead atoms. The average Bonchev–Trinajstić information content (AvgIpc) is 3.18. The highest BCUT2D eigenvalue weighted by Crippen LogP contribution is 2.31. The largest absolute Gasteiger partial charge is 0.435 e. The fourth-order valence-electron chi connectivity index (χ4n) is 3.53. The third-order valence-electron chi connectivity index (χ3n) is 5.15. The summed E-state index contributed by atoms with van der Waals surface area (Å²) in [5.41, 5.74) is -1.44. The molecule has 11 heteroatoms. The lowest BCUT2D eigenvalue weighted by atomic mass is 9.87. The van der Waals surface area contributed by atoms with Gasteiger partial charge in [0, 0.05) is 38.3 Å². The van der Waals surface area contributed by atoms with E-state index in [0.29, 0.717) is 25.2 Å². The van der Waals surface area contributed by atoms with Crippen molar-refractivity contribution in [2.75, 3.05) is 26.2 Å². The highest BCUT2D eigenvalue weighted by atomic mass is 35.5. The second kappa shape index (κ2) is 9.69. The minimum Gasteiger partial charge on any atom is -0.354 e. The van der Waals surface area contributed by atoms with Gasteiger partial charge >= 0.3 is 6.18 Å². The summed E-state index contributed by atoms with van der Waals surface area (Å²) in [7, 11) is 0. The van der Waals surface area contributed by atoms with Crippen LogP contribution in [0.4, 0.5) is 13.2 Å². The third-order valence-corrected chi connectivity index (χ3v) is 5.46. The number of nitrogens with one attached hydrogen (secondary N) is 2. The maximum absolute atomic E-state index is 13.4. The van der Waals surface area contributed by atoms with Crippen LogP contribution < -0.4 is 10.6 Å². The lowest BCUT2D eigenvalue weighted by molar-refractivity contribution is -0.141. The molecule has 0 radical (unpaired) electrons. The Morgan fingerprint density at radius 1 is 1.19 bits per heavy atom. The molecule has 1 fully saturated rings. The van der Waals surface area contributed by atoms with Gasteiger partial charge in [0.05, 0.1) is 11.3 Å². The number of aromatic nitrogens is 2. The van der Waals surface area contributed by atoms with Gasteiger partial charge in [-0.2, -0.15) is 18.3 Å². The van der Waals surface area contributed by atoms with Gasteiger partial charge in [-0.3, -0.25) is 9.59 Å². The predicted molar refractivity (Wildman–Crippen MR) is 109 cm³/mol. The fraction of sp³-hybridized carbons (Fsp3) is 0.450. The minimum absolute atomic E-state index is 0.0128. The quantitative estimate of drug-likeness (QED) is 0.516. The summed E-state index contributed by atoms with van der Waals surface area (Å²) in [5, 5.41) is 8.69. The monoisotopic (exact) mass is 457 g/mol. The van der Waals surface area contributed by atoms with Crippen LogP contribution in [0.3, 0.4) is 0 Å². The van der Waals surface area contributed by atoms with Crippen molar-refractivity contribution in [1.29, 1.82) is 0 Å². The molecule has 0 spiro atoms. The molecule has 31 heavy (non-hydrogen) atoms. The lowest BCUT2D eigenvalue weighted by Crippen LogP contribution is -2.44. The molecule has 1 aromatic carbocycles. The molecule has 7 nitrogen and oxygen atoms in total. The Kier molecular flexibility index (Phi) is 7.22. The number of hydrogen-bond donors (Lipinski definition) is 2. The minimum atomic E-state index is -4.78. The molecule has 168 valence electrons. The van der Waals surface area contributed by atoms with Crippen molar-refractivity contribution in [3.63, 3.8) is 0 Å². The van der Waals surface area contributed by atoms with Gasteiger partial charge in [0.15, 0.2) is 5.69 Å². The Balaban J connectivity index is 1.59. The van der Waals surface area contributed by atoms with Crippen molar-refractivity contribution in [2.24, 2.45) is 11.8 Å². The number of rotatable bonds is 6. The Labute approximate surface area is 182 Å². The van der Waals surface area contributed by atoms with E-state index < -0.39 is 23.3 Å². The van der Waals surface area contributed by atoms with E-state index in [0.717, 1.165) is 10.9 Å². The number of hydrogen-bond acceptors (Lipinski definition) is 4. The van der Waals surface area contributed by atoms with Gasteiger partial charge in [0.25, 0.3) is 5.91 Å². The zero-order valence-electron chi connectivity index (χ0n) is 16.8.